The van der Waals surface area contributed by atoms with Crippen molar-refractivity contribution in [1.82, 2.24) is 0 Å². The third-order valence-corrected chi connectivity index (χ3v) is 6.53. The Kier molecular flexibility index (Phi) is 4.23. The lowest BCUT2D eigenvalue weighted by Gasteiger charge is -2.00. The van der Waals surface area contributed by atoms with Crippen LogP contribution in [0.25, 0.3) is 0 Å². The Morgan fingerprint density at radius 2 is 1.69 bits per heavy atom. The average Bonchev–Trinajstić information content (AvgIpc) is 2.17. The van der Waals surface area contributed by atoms with Crippen molar-refractivity contribution in [2.24, 2.45) is 3.77 Å². The van der Waals surface area contributed by atoms with E-state index in [4.69, 9.17) is 22.3 Å². The predicted octanol–water partition coefficient (Wildman–Crippen LogP) is 2.50. The molecule has 0 aromatic heterocycles. The first-order valence-electron chi connectivity index (χ1n) is 4.10. The number of hydrogen-bond acceptors (Lipinski definition) is 3. The molecule has 0 saturated heterocycles. The summed E-state index contributed by atoms with van der Waals surface area (Å²) >= 11 is 5.25. The van der Waals surface area contributed by atoms with Crippen molar-refractivity contribution in [2.75, 3.05) is 5.21 Å². The number of halogens is 2. The molecule has 8 heteroatoms. The summed E-state index contributed by atoms with van der Waals surface area (Å²) in [5, 5.41) is -0.542. The van der Waals surface area contributed by atoms with Crippen molar-refractivity contribution in [3.05, 3.63) is 29.8 Å². The van der Waals surface area contributed by atoms with Crippen LogP contribution in [-0.4, -0.2) is 17.8 Å². The molecule has 4 nitrogen and oxygen atoms in total. The van der Waals surface area contributed by atoms with Gasteiger partial charge < -0.3 is 0 Å². The van der Waals surface area contributed by atoms with Crippen LogP contribution in [0.4, 0.5) is 0 Å². The van der Waals surface area contributed by atoms with Crippen LogP contribution in [0.15, 0.2) is 32.9 Å². The van der Waals surface area contributed by atoms with Gasteiger partial charge in [0, 0.05) is 10.7 Å². The molecule has 1 aromatic carbocycles. The topological polar surface area (TPSA) is 63.6 Å². The van der Waals surface area contributed by atoms with E-state index in [-0.39, 0.29) is 4.90 Å². The standard InChI is InChI=1S/C8H9Cl2NO3S2/c1-7-2-4-8(5-3-7)16(13,14)11-15(10,12)6-9/h2-5H,6H2,1H3. The molecule has 1 aromatic rings. The number of nitrogens with zero attached hydrogens (tertiary/aromatic N) is 1. The largest absolute Gasteiger partial charge is 0.291 e. The number of alkyl halides is 1. The zero-order valence-electron chi connectivity index (χ0n) is 8.26. The third kappa shape index (κ3) is 3.62. The fourth-order valence-corrected chi connectivity index (χ4v) is 4.10. The fraction of sp³-hybridized carbons (Fsp3) is 0.250. The first kappa shape index (κ1) is 13.8. The van der Waals surface area contributed by atoms with Gasteiger partial charge in [-0.1, -0.05) is 21.5 Å². The maximum atomic E-state index is 11.6. The van der Waals surface area contributed by atoms with Gasteiger partial charge in [-0.2, -0.15) is 8.42 Å². The number of benzene rings is 1. The normalized spacial score (nSPS) is 15.4. The van der Waals surface area contributed by atoms with Gasteiger partial charge in [0.1, 0.15) is 5.21 Å². The van der Waals surface area contributed by atoms with Crippen molar-refractivity contribution in [2.45, 2.75) is 11.8 Å². The molecule has 0 N–H and O–H groups in total. The highest BCUT2D eigenvalue weighted by atomic mass is 35.7. The van der Waals surface area contributed by atoms with Gasteiger partial charge in [-0.15, -0.1) is 11.6 Å². The minimum atomic E-state index is -4.01. The van der Waals surface area contributed by atoms with Gasteiger partial charge in [-0.3, -0.25) is 0 Å². The number of sulfonamides is 1. The van der Waals surface area contributed by atoms with Crippen molar-refractivity contribution in [3.63, 3.8) is 0 Å². The van der Waals surface area contributed by atoms with Gasteiger partial charge in [-0.25, -0.2) is 4.21 Å². The molecule has 1 atom stereocenters. The fourth-order valence-electron chi connectivity index (χ4n) is 0.920. The van der Waals surface area contributed by atoms with E-state index >= 15 is 0 Å². The molecule has 0 aliphatic rings. The Labute approximate surface area is 104 Å². The van der Waals surface area contributed by atoms with Gasteiger partial charge in [0.05, 0.1) is 4.90 Å². The van der Waals surface area contributed by atoms with Gasteiger partial charge in [0.15, 0.2) is 8.94 Å². The van der Waals surface area contributed by atoms with E-state index in [2.05, 4.69) is 3.77 Å². The molecule has 16 heavy (non-hydrogen) atoms. The monoisotopic (exact) mass is 301 g/mol. The van der Waals surface area contributed by atoms with E-state index in [9.17, 15) is 12.6 Å². The molecule has 0 bridgehead atoms. The highest BCUT2D eigenvalue weighted by molar-refractivity contribution is 8.19. The van der Waals surface area contributed by atoms with Crippen LogP contribution in [0.5, 0.6) is 0 Å². The summed E-state index contributed by atoms with van der Waals surface area (Å²) in [6.45, 7) is 1.82. The van der Waals surface area contributed by atoms with E-state index in [1.54, 1.807) is 12.1 Å². The molecule has 0 spiro atoms. The first-order chi connectivity index (χ1) is 7.27. The van der Waals surface area contributed by atoms with Crippen LogP contribution in [0.1, 0.15) is 5.56 Å². The van der Waals surface area contributed by atoms with Gasteiger partial charge in [-0.05, 0) is 19.1 Å². The van der Waals surface area contributed by atoms with Crippen molar-refractivity contribution in [1.29, 1.82) is 0 Å². The second-order valence-corrected chi connectivity index (χ2v) is 8.50. The molecule has 0 heterocycles. The number of hydrogen-bond donors (Lipinski definition) is 0. The van der Waals surface area contributed by atoms with Crippen LogP contribution in [0.2, 0.25) is 0 Å². The SMILES string of the molecule is Cc1ccc(S(=O)(=O)N=S(=O)(Cl)CCl)cc1. The Morgan fingerprint density at radius 3 is 2.12 bits per heavy atom. The summed E-state index contributed by atoms with van der Waals surface area (Å²) in [5.41, 5.74) is 0.905. The second-order valence-electron chi connectivity index (χ2n) is 3.03. The Hall–Kier alpha value is -0.300. The van der Waals surface area contributed by atoms with Crippen molar-refractivity contribution >= 4 is 41.2 Å². The van der Waals surface area contributed by atoms with Crippen LogP contribution in [0.3, 0.4) is 0 Å². The predicted molar refractivity (Wildman–Crippen MR) is 65.5 cm³/mol. The number of rotatable bonds is 3. The summed E-state index contributed by atoms with van der Waals surface area (Å²) in [5.74, 6) is 0. The molecular weight excluding hydrogens is 293 g/mol. The summed E-state index contributed by atoms with van der Waals surface area (Å²) in [4.78, 5) is -0.0587. The summed E-state index contributed by atoms with van der Waals surface area (Å²) in [6, 6.07) is 5.96. The molecule has 90 valence electrons. The molecule has 0 amide bonds. The lowest BCUT2D eigenvalue weighted by Crippen LogP contribution is -2.01. The highest BCUT2D eigenvalue weighted by Gasteiger charge is 2.16. The maximum Gasteiger partial charge on any atom is 0.291 e. The highest BCUT2D eigenvalue weighted by Crippen LogP contribution is 2.17. The lowest BCUT2D eigenvalue weighted by atomic mass is 10.2. The van der Waals surface area contributed by atoms with Crippen LogP contribution >= 0.6 is 22.3 Å². The maximum absolute atomic E-state index is 11.6. The molecular formula is C8H9Cl2NO3S2. The molecule has 0 saturated carbocycles. The molecule has 1 rings (SSSR count). The zero-order chi connectivity index (χ0) is 12.4. The average molecular weight is 302 g/mol. The first-order valence-corrected chi connectivity index (χ1v) is 8.59. The molecule has 0 radical (unpaired) electrons. The van der Waals surface area contributed by atoms with E-state index in [1.165, 1.54) is 12.1 Å². The summed E-state index contributed by atoms with van der Waals surface area (Å²) < 4.78 is 37.6. The quantitative estimate of drug-likeness (QED) is 0.636. The van der Waals surface area contributed by atoms with E-state index in [1.807, 2.05) is 6.92 Å². The van der Waals surface area contributed by atoms with E-state index < -0.39 is 24.2 Å². The molecule has 0 aliphatic heterocycles. The Balaban J connectivity index is 3.29. The van der Waals surface area contributed by atoms with E-state index in [0.29, 0.717) is 0 Å². The Bertz CT molecular complexity index is 586. The van der Waals surface area contributed by atoms with Gasteiger partial charge >= 0.3 is 0 Å². The molecule has 1 unspecified atom stereocenters. The van der Waals surface area contributed by atoms with Crippen LogP contribution < -0.4 is 0 Å². The number of aryl methyl sites for hydroxylation is 1. The third-order valence-electron chi connectivity index (χ3n) is 1.66. The Morgan fingerprint density at radius 1 is 1.19 bits per heavy atom. The van der Waals surface area contributed by atoms with E-state index in [0.717, 1.165) is 5.56 Å². The second kappa shape index (κ2) is 4.91. The zero-order valence-corrected chi connectivity index (χ0v) is 11.4. The van der Waals surface area contributed by atoms with Crippen molar-refractivity contribution in [3.8, 4) is 0 Å². The van der Waals surface area contributed by atoms with Gasteiger partial charge in [0.25, 0.3) is 10.0 Å². The lowest BCUT2D eigenvalue weighted by molar-refractivity contribution is 0.598. The summed E-state index contributed by atoms with van der Waals surface area (Å²) in [7, 11) is -2.09. The van der Waals surface area contributed by atoms with Crippen LogP contribution in [0, 0.1) is 6.92 Å². The molecule has 0 aliphatic carbocycles. The smallest absolute Gasteiger partial charge is 0.231 e. The van der Waals surface area contributed by atoms with Crippen LogP contribution in [-0.2, 0) is 19.0 Å². The molecule has 0 fully saturated rings. The van der Waals surface area contributed by atoms with Gasteiger partial charge in [0.2, 0.25) is 0 Å². The summed E-state index contributed by atoms with van der Waals surface area (Å²) in [6.07, 6.45) is 0. The minimum absolute atomic E-state index is 0.0587. The van der Waals surface area contributed by atoms with Crippen molar-refractivity contribution < 1.29 is 12.6 Å². The minimum Gasteiger partial charge on any atom is -0.231 e.